The molecule has 0 aliphatic heterocycles. The summed E-state index contributed by atoms with van der Waals surface area (Å²) < 4.78 is 0. The molecule has 20 heavy (non-hydrogen) atoms. The molecule has 1 aromatic heterocycles. The second-order valence-corrected chi connectivity index (χ2v) is 5.45. The van der Waals surface area contributed by atoms with E-state index in [1.807, 2.05) is 25.1 Å². The summed E-state index contributed by atoms with van der Waals surface area (Å²) in [5.74, 6) is 0. The van der Waals surface area contributed by atoms with Gasteiger partial charge in [0.15, 0.2) is 5.11 Å². The van der Waals surface area contributed by atoms with Crippen molar-refractivity contribution in [2.75, 3.05) is 5.32 Å². The molecule has 0 saturated heterocycles. The molecule has 1 heterocycles. The van der Waals surface area contributed by atoms with Gasteiger partial charge in [0, 0.05) is 18.1 Å². The first-order chi connectivity index (χ1) is 9.56. The van der Waals surface area contributed by atoms with E-state index in [1.54, 1.807) is 24.5 Å². The molecule has 1 atom stereocenters. The number of nitrogens with zero attached hydrogens (tertiary/aromatic N) is 1. The summed E-state index contributed by atoms with van der Waals surface area (Å²) in [6.45, 7) is 2.03. The number of benzene rings is 1. The molecular weight excluding hydrogens is 313 g/mol. The smallest absolute Gasteiger partial charge is 0.171 e. The summed E-state index contributed by atoms with van der Waals surface area (Å²) in [5.41, 5.74) is 1.90. The lowest BCUT2D eigenvalue weighted by molar-refractivity contribution is 0.721. The van der Waals surface area contributed by atoms with E-state index in [4.69, 9.17) is 35.4 Å². The molecule has 1 aromatic carbocycles. The Bertz CT molecular complexity index is 605. The molecule has 0 aliphatic rings. The average Bonchev–Trinajstić information content (AvgIpc) is 2.44. The van der Waals surface area contributed by atoms with Gasteiger partial charge < -0.3 is 10.6 Å². The fraction of sp³-hybridized carbons (Fsp3) is 0.143. The van der Waals surface area contributed by atoms with Crippen LogP contribution in [0.4, 0.5) is 5.69 Å². The van der Waals surface area contributed by atoms with Crippen molar-refractivity contribution in [3.8, 4) is 0 Å². The minimum absolute atomic E-state index is 0.0840. The van der Waals surface area contributed by atoms with Crippen molar-refractivity contribution in [3.63, 3.8) is 0 Å². The monoisotopic (exact) mass is 325 g/mol. The average molecular weight is 326 g/mol. The van der Waals surface area contributed by atoms with Gasteiger partial charge in [-0.25, -0.2) is 0 Å². The van der Waals surface area contributed by atoms with E-state index in [0.717, 1.165) is 11.3 Å². The van der Waals surface area contributed by atoms with Gasteiger partial charge >= 0.3 is 0 Å². The molecule has 0 radical (unpaired) electrons. The highest BCUT2D eigenvalue weighted by molar-refractivity contribution is 7.80. The fourth-order valence-electron chi connectivity index (χ4n) is 1.67. The number of rotatable bonds is 3. The molecule has 3 nitrogen and oxygen atoms in total. The van der Waals surface area contributed by atoms with Gasteiger partial charge in [-0.05, 0) is 55.0 Å². The molecule has 0 saturated carbocycles. The van der Waals surface area contributed by atoms with Gasteiger partial charge in [-0.1, -0.05) is 23.2 Å². The van der Waals surface area contributed by atoms with Gasteiger partial charge in [0.2, 0.25) is 0 Å². The molecule has 104 valence electrons. The van der Waals surface area contributed by atoms with E-state index >= 15 is 0 Å². The van der Waals surface area contributed by atoms with Crippen molar-refractivity contribution in [2.24, 2.45) is 0 Å². The minimum Gasteiger partial charge on any atom is -0.356 e. The van der Waals surface area contributed by atoms with Crippen LogP contribution < -0.4 is 10.6 Å². The maximum atomic E-state index is 5.96. The molecule has 1 unspecified atom stereocenters. The topological polar surface area (TPSA) is 37.0 Å². The molecule has 0 spiro atoms. The third-order valence-corrected chi connectivity index (χ3v) is 3.69. The highest BCUT2D eigenvalue weighted by Crippen LogP contribution is 2.25. The molecule has 2 aromatic rings. The molecule has 0 bridgehead atoms. The van der Waals surface area contributed by atoms with Crippen LogP contribution in [0.1, 0.15) is 18.5 Å². The van der Waals surface area contributed by atoms with E-state index in [9.17, 15) is 0 Å². The van der Waals surface area contributed by atoms with E-state index in [-0.39, 0.29) is 6.04 Å². The summed E-state index contributed by atoms with van der Waals surface area (Å²) in [6, 6.07) is 9.25. The van der Waals surface area contributed by atoms with Crippen LogP contribution in [0, 0.1) is 0 Å². The zero-order valence-corrected chi connectivity index (χ0v) is 13.1. The molecule has 2 rings (SSSR count). The Morgan fingerprint density at radius 2 is 1.85 bits per heavy atom. The number of hydrogen-bond acceptors (Lipinski definition) is 2. The second kappa shape index (κ2) is 6.88. The number of halogens is 2. The van der Waals surface area contributed by atoms with Gasteiger partial charge in [-0.3, -0.25) is 4.98 Å². The summed E-state index contributed by atoms with van der Waals surface area (Å²) in [4.78, 5) is 3.99. The van der Waals surface area contributed by atoms with Crippen LogP contribution in [0.2, 0.25) is 10.0 Å². The normalized spacial score (nSPS) is 11.8. The van der Waals surface area contributed by atoms with E-state index in [2.05, 4.69) is 15.6 Å². The third kappa shape index (κ3) is 4.07. The molecule has 0 aliphatic carbocycles. The number of anilines is 1. The Balaban J connectivity index is 1.97. The SMILES string of the molecule is CC(NC(=S)Nc1ccc(Cl)c(Cl)c1)c1ccncc1. The molecular formula is C14H13Cl2N3S. The van der Waals surface area contributed by atoms with Crippen molar-refractivity contribution in [1.82, 2.24) is 10.3 Å². The maximum Gasteiger partial charge on any atom is 0.171 e. The van der Waals surface area contributed by atoms with E-state index in [1.165, 1.54) is 0 Å². The Morgan fingerprint density at radius 1 is 1.15 bits per heavy atom. The summed E-state index contributed by atoms with van der Waals surface area (Å²) in [5, 5.41) is 7.79. The number of hydrogen-bond donors (Lipinski definition) is 2. The zero-order chi connectivity index (χ0) is 14.5. The molecule has 6 heteroatoms. The first-order valence-electron chi connectivity index (χ1n) is 5.99. The first-order valence-corrected chi connectivity index (χ1v) is 7.15. The first kappa shape index (κ1) is 15.0. The predicted octanol–water partition coefficient (Wildman–Crippen LogP) is 4.44. The number of aromatic nitrogens is 1. The van der Waals surface area contributed by atoms with Crippen LogP contribution in [0.25, 0.3) is 0 Å². The highest BCUT2D eigenvalue weighted by Gasteiger charge is 2.07. The van der Waals surface area contributed by atoms with Crippen LogP contribution in [0.15, 0.2) is 42.7 Å². The zero-order valence-electron chi connectivity index (χ0n) is 10.7. The van der Waals surface area contributed by atoms with Crippen molar-refractivity contribution in [2.45, 2.75) is 13.0 Å². The predicted molar refractivity (Wildman–Crippen MR) is 88.5 cm³/mol. The molecule has 0 amide bonds. The van der Waals surface area contributed by atoms with Crippen LogP contribution in [0.3, 0.4) is 0 Å². The Kier molecular flexibility index (Phi) is 5.17. The van der Waals surface area contributed by atoms with Gasteiger partial charge in [-0.15, -0.1) is 0 Å². The summed E-state index contributed by atoms with van der Waals surface area (Å²) in [6.07, 6.45) is 3.51. The Hall–Kier alpha value is -1.36. The number of thiocarbonyl (C=S) groups is 1. The molecule has 0 fully saturated rings. The van der Waals surface area contributed by atoms with Crippen LogP contribution in [-0.4, -0.2) is 10.1 Å². The quantitative estimate of drug-likeness (QED) is 0.818. The van der Waals surface area contributed by atoms with Crippen molar-refractivity contribution < 1.29 is 0 Å². The lowest BCUT2D eigenvalue weighted by Crippen LogP contribution is -2.30. The van der Waals surface area contributed by atoms with Gasteiger partial charge in [0.05, 0.1) is 16.1 Å². The Morgan fingerprint density at radius 3 is 2.50 bits per heavy atom. The van der Waals surface area contributed by atoms with E-state index in [0.29, 0.717) is 15.2 Å². The number of nitrogens with one attached hydrogen (secondary N) is 2. The van der Waals surface area contributed by atoms with Crippen LogP contribution in [0.5, 0.6) is 0 Å². The van der Waals surface area contributed by atoms with E-state index < -0.39 is 0 Å². The van der Waals surface area contributed by atoms with Crippen LogP contribution in [-0.2, 0) is 0 Å². The van der Waals surface area contributed by atoms with Gasteiger partial charge in [0.1, 0.15) is 0 Å². The fourth-order valence-corrected chi connectivity index (χ4v) is 2.27. The molecule has 2 N–H and O–H groups in total. The van der Waals surface area contributed by atoms with Crippen LogP contribution >= 0.6 is 35.4 Å². The maximum absolute atomic E-state index is 5.96. The van der Waals surface area contributed by atoms with Crippen molar-refractivity contribution in [1.29, 1.82) is 0 Å². The summed E-state index contributed by atoms with van der Waals surface area (Å²) >= 11 is 17.1. The minimum atomic E-state index is 0.0840. The highest BCUT2D eigenvalue weighted by atomic mass is 35.5. The standard InChI is InChI=1S/C14H13Cl2N3S/c1-9(10-4-6-17-7-5-10)18-14(20)19-11-2-3-12(15)13(16)8-11/h2-9H,1H3,(H2,18,19,20). The number of pyridine rings is 1. The third-order valence-electron chi connectivity index (χ3n) is 2.73. The van der Waals surface area contributed by atoms with Crippen molar-refractivity contribution >= 4 is 46.2 Å². The Labute approximate surface area is 133 Å². The second-order valence-electron chi connectivity index (χ2n) is 4.23. The van der Waals surface area contributed by atoms with Crippen molar-refractivity contribution in [3.05, 3.63) is 58.3 Å². The lowest BCUT2D eigenvalue weighted by atomic mass is 10.1. The van der Waals surface area contributed by atoms with Gasteiger partial charge in [0.25, 0.3) is 0 Å². The largest absolute Gasteiger partial charge is 0.356 e. The van der Waals surface area contributed by atoms with Gasteiger partial charge in [-0.2, -0.15) is 0 Å². The summed E-state index contributed by atoms with van der Waals surface area (Å²) in [7, 11) is 0. The lowest BCUT2D eigenvalue weighted by Gasteiger charge is -2.17.